The van der Waals surface area contributed by atoms with Gasteiger partial charge in [-0.2, -0.15) is 0 Å². The molecule has 5 rings (SSSR count). The zero-order valence-corrected chi connectivity index (χ0v) is 14.8. The van der Waals surface area contributed by atoms with Crippen molar-refractivity contribution in [1.29, 1.82) is 0 Å². The molecule has 0 saturated carbocycles. The van der Waals surface area contributed by atoms with Crippen LogP contribution in [0.15, 0.2) is 85.1 Å². The highest BCUT2D eigenvalue weighted by molar-refractivity contribution is 6.11. The number of aromatic nitrogens is 3. The van der Waals surface area contributed by atoms with E-state index in [0.717, 1.165) is 38.5 Å². The quantitative estimate of drug-likeness (QED) is 0.460. The summed E-state index contributed by atoms with van der Waals surface area (Å²) in [6, 6.07) is 25.2. The van der Waals surface area contributed by atoms with Crippen LogP contribution in [-0.4, -0.2) is 26.1 Å². The summed E-state index contributed by atoms with van der Waals surface area (Å²) in [5.74, 6) is -0.951. The van der Waals surface area contributed by atoms with Crippen LogP contribution in [0, 0.1) is 0 Å². The number of carboxylic acids is 1. The van der Waals surface area contributed by atoms with Gasteiger partial charge in [-0.05, 0) is 51.9 Å². The van der Waals surface area contributed by atoms with Gasteiger partial charge in [-0.3, -0.25) is 0 Å². The summed E-state index contributed by atoms with van der Waals surface area (Å²) in [6.45, 7) is 0. The van der Waals surface area contributed by atoms with Crippen LogP contribution in [0.3, 0.4) is 0 Å². The average molecular weight is 365 g/mol. The van der Waals surface area contributed by atoms with Crippen molar-refractivity contribution in [3.8, 4) is 16.9 Å². The van der Waals surface area contributed by atoms with E-state index in [4.69, 9.17) is 5.11 Å². The zero-order valence-electron chi connectivity index (χ0n) is 14.8. The minimum absolute atomic E-state index is 0.240. The zero-order chi connectivity index (χ0) is 19.1. The van der Waals surface area contributed by atoms with E-state index in [9.17, 15) is 4.79 Å². The Morgan fingerprint density at radius 3 is 2.04 bits per heavy atom. The first-order valence-electron chi connectivity index (χ1n) is 8.88. The molecule has 28 heavy (non-hydrogen) atoms. The number of aromatic carboxylic acids is 1. The van der Waals surface area contributed by atoms with Gasteiger partial charge >= 0.3 is 5.97 Å². The van der Waals surface area contributed by atoms with Crippen LogP contribution in [0.1, 0.15) is 10.4 Å². The van der Waals surface area contributed by atoms with Gasteiger partial charge < -0.3 is 5.11 Å². The smallest absolute Gasteiger partial charge is 0.335 e. The molecule has 1 N–H and O–H groups in total. The van der Waals surface area contributed by atoms with Gasteiger partial charge in [-0.15, -0.1) is 5.10 Å². The maximum Gasteiger partial charge on any atom is 0.335 e. The molecule has 0 radical (unpaired) electrons. The van der Waals surface area contributed by atoms with Gasteiger partial charge in [0.2, 0.25) is 0 Å². The number of benzene rings is 4. The van der Waals surface area contributed by atoms with Gasteiger partial charge in [-0.25, -0.2) is 9.48 Å². The first-order chi connectivity index (χ1) is 13.7. The fraction of sp³-hybridized carbons (Fsp3) is 0. The molecule has 134 valence electrons. The molecular formula is C23H15N3O2. The van der Waals surface area contributed by atoms with Gasteiger partial charge in [0.05, 0.1) is 17.4 Å². The van der Waals surface area contributed by atoms with Crippen molar-refractivity contribution in [3.63, 3.8) is 0 Å². The van der Waals surface area contributed by atoms with E-state index in [-0.39, 0.29) is 5.56 Å². The second-order valence-electron chi connectivity index (χ2n) is 6.59. The lowest BCUT2D eigenvalue weighted by atomic mass is 9.95. The van der Waals surface area contributed by atoms with Crippen molar-refractivity contribution in [1.82, 2.24) is 15.0 Å². The molecule has 5 heteroatoms. The Morgan fingerprint density at radius 1 is 0.821 bits per heavy atom. The molecule has 0 spiro atoms. The average Bonchev–Trinajstić information content (AvgIpc) is 3.21. The first kappa shape index (κ1) is 16.2. The van der Waals surface area contributed by atoms with Gasteiger partial charge in [-0.1, -0.05) is 53.7 Å². The molecule has 1 heterocycles. The van der Waals surface area contributed by atoms with Crippen molar-refractivity contribution in [2.75, 3.05) is 0 Å². The van der Waals surface area contributed by atoms with Crippen molar-refractivity contribution in [2.24, 2.45) is 0 Å². The van der Waals surface area contributed by atoms with Crippen LogP contribution in [0.4, 0.5) is 0 Å². The fourth-order valence-corrected chi connectivity index (χ4v) is 3.55. The first-order valence-corrected chi connectivity index (χ1v) is 8.88. The maximum absolute atomic E-state index is 11.1. The van der Waals surface area contributed by atoms with E-state index in [0.29, 0.717) is 0 Å². The third-order valence-electron chi connectivity index (χ3n) is 4.90. The van der Waals surface area contributed by atoms with Crippen LogP contribution in [0.25, 0.3) is 38.5 Å². The molecule has 0 saturated heterocycles. The molecule has 0 amide bonds. The lowest BCUT2D eigenvalue weighted by Gasteiger charge is -2.09. The molecular weight excluding hydrogens is 350 g/mol. The number of fused-ring (bicyclic) bond motifs is 2. The summed E-state index contributed by atoms with van der Waals surface area (Å²) in [7, 11) is 0. The summed E-state index contributed by atoms with van der Waals surface area (Å²) in [5, 5.41) is 22.3. The normalized spacial score (nSPS) is 11.1. The van der Waals surface area contributed by atoms with Crippen molar-refractivity contribution in [3.05, 3.63) is 90.6 Å². The number of nitrogens with zero attached hydrogens (tertiary/aromatic N) is 3. The van der Waals surface area contributed by atoms with E-state index in [1.54, 1.807) is 28.9 Å². The molecule has 0 atom stereocenters. The molecule has 0 aliphatic carbocycles. The lowest BCUT2D eigenvalue weighted by Crippen LogP contribution is -1.98. The number of rotatable bonds is 3. The third kappa shape index (κ3) is 2.61. The monoisotopic (exact) mass is 365 g/mol. The van der Waals surface area contributed by atoms with Crippen molar-refractivity contribution >= 4 is 27.5 Å². The molecule has 0 aliphatic rings. The number of carbonyl (C=O) groups is 1. The molecule has 5 aromatic rings. The van der Waals surface area contributed by atoms with E-state index >= 15 is 0 Å². The number of hydrogen-bond acceptors (Lipinski definition) is 3. The Morgan fingerprint density at radius 2 is 1.43 bits per heavy atom. The Labute approximate surface area is 160 Å². The second-order valence-corrected chi connectivity index (χ2v) is 6.59. The number of carboxylic acid groups (broad SMARTS) is 1. The summed E-state index contributed by atoms with van der Waals surface area (Å²) in [4.78, 5) is 11.1. The highest BCUT2D eigenvalue weighted by atomic mass is 16.4. The number of hydrogen-bond donors (Lipinski definition) is 1. The Balaban J connectivity index is 1.69. The highest BCUT2D eigenvalue weighted by Gasteiger charge is 2.13. The van der Waals surface area contributed by atoms with Crippen LogP contribution in [0.5, 0.6) is 0 Å². The van der Waals surface area contributed by atoms with E-state index in [1.165, 1.54) is 0 Å². The van der Waals surface area contributed by atoms with Crippen LogP contribution in [-0.2, 0) is 0 Å². The molecule has 0 bridgehead atoms. The second kappa shape index (κ2) is 6.32. The maximum atomic E-state index is 11.1. The van der Waals surface area contributed by atoms with E-state index < -0.39 is 5.97 Å². The van der Waals surface area contributed by atoms with Gasteiger partial charge in [0.15, 0.2) is 0 Å². The topological polar surface area (TPSA) is 68.0 Å². The summed E-state index contributed by atoms with van der Waals surface area (Å²) in [5.41, 5.74) is 2.81. The summed E-state index contributed by atoms with van der Waals surface area (Å²) in [6.07, 6.45) is 1.88. The summed E-state index contributed by atoms with van der Waals surface area (Å²) >= 11 is 0. The third-order valence-corrected chi connectivity index (χ3v) is 4.90. The van der Waals surface area contributed by atoms with Crippen LogP contribution in [0.2, 0.25) is 0 Å². The van der Waals surface area contributed by atoms with E-state index in [2.05, 4.69) is 40.6 Å². The SMILES string of the molecule is O=C(O)c1ccc(-n2cc(-c3c4ccccc4cc4ccccc34)nn2)cc1. The standard InChI is InChI=1S/C23H15N3O2/c27-23(28)15-9-11-18(12-10-15)26-14-21(24-25-26)22-19-7-3-1-5-16(19)13-17-6-2-4-8-20(17)22/h1-14H,(H,27,28). The molecule has 0 aliphatic heterocycles. The molecule has 4 aromatic carbocycles. The van der Waals surface area contributed by atoms with Gasteiger partial charge in [0.25, 0.3) is 0 Å². The Kier molecular flexibility index (Phi) is 3.66. The van der Waals surface area contributed by atoms with Crippen LogP contribution >= 0.6 is 0 Å². The van der Waals surface area contributed by atoms with Crippen molar-refractivity contribution < 1.29 is 9.90 Å². The minimum Gasteiger partial charge on any atom is -0.478 e. The predicted molar refractivity (Wildman–Crippen MR) is 109 cm³/mol. The van der Waals surface area contributed by atoms with Crippen molar-refractivity contribution in [2.45, 2.75) is 0 Å². The molecule has 0 fully saturated rings. The fourth-order valence-electron chi connectivity index (χ4n) is 3.55. The lowest BCUT2D eigenvalue weighted by molar-refractivity contribution is 0.0697. The summed E-state index contributed by atoms with van der Waals surface area (Å²) < 4.78 is 1.66. The predicted octanol–water partition coefficient (Wildman–Crippen LogP) is 4.94. The van der Waals surface area contributed by atoms with Crippen LogP contribution < -0.4 is 0 Å². The molecule has 5 nitrogen and oxygen atoms in total. The molecule has 0 unspecified atom stereocenters. The Bertz CT molecular complexity index is 1280. The largest absolute Gasteiger partial charge is 0.478 e. The van der Waals surface area contributed by atoms with E-state index in [1.807, 2.05) is 30.5 Å². The minimum atomic E-state index is -0.951. The van der Waals surface area contributed by atoms with Gasteiger partial charge in [0.1, 0.15) is 5.69 Å². The molecule has 1 aromatic heterocycles. The highest BCUT2D eigenvalue weighted by Crippen LogP contribution is 2.35. The van der Waals surface area contributed by atoms with Gasteiger partial charge in [0, 0.05) is 5.56 Å². The Hall–Kier alpha value is -3.99.